The minimum Gasteiger partial charge on any atom is -0.479 e. The van der Waals surface area contributed by atoms with E-state index in [9.17, 15) is 17.6 Å². The summed E-state index contributed by atoms with van der Waals surface area (Å²) in [7, 11) is 2.81. The number of alkyl halides is 4. The Labute approximate surface area is 270 Å². The highest BCUT2D eigenvalue weighted by molar-refractivity contribution is 6.39. The molecule has 238 valence electrons. The van der Waals surface area contributed by atoms with Gasteiger partial charge in [0.2, 0.25) is 11.8 Å². The van der Waals surface area contributed by atoms with Crippen LogP contribution in [0, 0.1) is 0 Å². The van der Waals surface area contributed by atoms with E-state index in [4.69, 9.17) is 32.7 Å². The van der Waals surface area contributed by atoms with Crippen LogP contribution < -0.4 is 14.8 Å². The molecule has 2 aliphatic heterocycles. The van der Waals surface area contributed by atoms with Crippen molar-refractivity contribution in [3.05, 3.63) is 70.2 Å². The number of aliphatic imine (C=N–C) groups is 2. The van der Waals surface area contributed by atoms with Gasteiger partial charge in [-0.15, -0.1) is 0 Å². The number of benzene rings is 2. The molecule has 46 heavy (non-hydrogen) atoms. The quantitative estimate of drug-likeness (QED) is 0.215. The van der Waals surface area contributed by atoms with Gasteiger partial charge in [-0.1, -0.05) is 59.6 Å². The van der Waals surface area contributed by atoms with Crippen LogP contribution in [0.4, 0.5) is 17.6 Å². The zero-order chi connectivity index (χ0) is 32.6. The summed E-state index contributed by atoms with van der Waals surface area (Å²) in [5.41, 5.74) is 3.90. The summed E-state index contributed by atoms with van der Waals surface area (Å²) in [5.74, 6) is -5.41. The fraction of sp³-hybridized carbons (Fsp3) is 0.290. The van der Waals surface area contributed by atoms with Crippen molar-refractivity contribution < 1.29 is 27.0 Å². The van der Waals surface area contributed by atoms with Crippen LogP contribution in [0.1, 0.15) is 24.2 Å². The number of rotatable bonds is 7. The number of methoxy groups -OCH3 is 2. The second kappa shape index (κ2) is 12.4. The molecular formula is C31H25Cl2F4N7O2. The summed E-state index contributed by atoms with van der Waals surface area (Å²) in [5, 5.41) is 3.24. The van der Waals surface area contributed by atoms with E-state index in [1.54, 1.807) is 36.4 Å². The lowest BCUT2D eigenvalue weighted by Crippen LogP contribution is -2.44. The largest absolute Gasteiger partial charge is 0.479 e. The zero-order valence-electron chi connectivity index (χ0n) is 24.4. The van der Waals surface area contributed by atoms with E-state index in [0.717, 1.165) is 0 Å². The molecule has 1 N–H and O–H groups in total. The maximum atomic E-state index is 13.6. The monoisotopic (exact) mass is 673 g/mol. The maximum Gasteiger partial charge on any atom is 0.284 e. The Kier molecular flexibility index (Phi) is 8.55. The van der Waals surface area contributed by atoms with Crippen molar-refractivity contribution in [2.24, 2.45) is 9.98 Å². The summed E-state index contributed by atoms with van der Waals surface area (Å²) in [6, 6.07) is 10.7. The number of halogens is 6. The average Bonchev–Trinajstić information content (AvgIpc) is 3.05. The van der Waals surface area contributed by atoms with Crippen molar-refractivity contribution in [3.8, 4) is 45.4 Å². The van der Waals surface area contributed by atoms with Crippen LogP contribution in [0.3, 0.4) is 0 Å². The molecule has 9 nitrogen and oxygen atoms in total. The number of hydrogen-bond acceptors (Lipinski definition) is 9. The van der Waals surface area contributed by atoms with Gasteiger partial charge in [0, 0.05) is 28.7 Å². The molecule has 4 aromatic rings. The molecule has 0 radical (unpaired) electrons. The number of ether oxygens (including phenoxy) is 2. The fourth-order valence-electron chi connectivity index (χ4n) is 5.07. The van der Waals surface area contributed by atoms with Gasteiger partial charge in [0.15, 0.2) is 11.5 Å². The molecular weight excluding hydrogens is 649 g/mol. The normalized spacial score (nSPS) is 17.0. The first-order valence-corrected chi connectivity index (χ1v) is 14.7. The molecule has 0 saturated carbocycles. The Bertz CT molecular complexity index is 1750. The molecule has 0 saturated heterocycles. The third-order valence-corrected chi connectivity index (χ3v) is 8.23. The van der Waals surface area contributed by atoms with Crippen LogP contribution in [0.25, 0.3) is 33.6 Å². The van der Waals surface area contributed by atoms with E-state index in [0.29, 0.717) is 55.1 Å². The molecule has 6 rings (SSSR count). The summed E-state index contributed by atoms with van der Waals surface area (Å²) in [4.78, 5) is 25.9. The summed E-state index contributed by atoms with van der Waals surface area (Å²) in [6.45, 7) is -1.86. The molecule has 2 aromatic carbocycles. The van der Waals surface area contributed by atoms with Gasteiger partial charge in [-0.25, -0.2) is 37.5 Å². The summed E-state index contributed by atoms with van der Waals surface area (Å²) >= 11 is 13.9. The molecule has 0 fully saturated rings. The lowest BCUT2D eigenvalue weighted by atomic mass is 9.98. The number of aromatic nitrogens is 4. The Morgan fingerprint density at radius 3 is 1.74 bits per heavy atom. The number of amidine groups is 1. The van der Waals surface area contributed by atoms with Crippen LogP contribution in [-0.4, -0.2) is 77.2 Å². The molecule has 0 spiro atoms. The highest BCUT2D eigenvalue weighted by Crippen LogP contribution is 2.42. The second-order valence-electron chi connectivity index (χ2n) is 10.6. The van der Waals surface area contributed by atoms with Gasteiger partial charge >= 0.3 is 0 Å². The van der Waals surface area contributed by atoms with Crippen molar-refractivity contribution in [1.29, 1.82) is 0 Å². The molecule has 0 bridgehead atoms. The van der Waals surface area contributed by atoms with Crippen LogP contribution >= 0.6 is 23.2 Å². The minimum atomic E-state index is -2.95. The van der Waals surface area contributed by atoms with Gasteiger partial charge < -0.3 is 14.8 Å². The second-order valence-corrected chi connectivity index (χ2v) is 11.3. The zero-order valence-corrected chi connectivity index (χ0v) is 25.9. The highest BCUT2D eigenvalue weighted by atomic mass is 35.5. The molecule has 0 atom stereocenters. The fourth-order valence-corrected chi connectivity index (χ4v) is 5.72. The van der Waals surface area contributed by atoms with Gasteiger partial charge in [0.1, 0.15) is 18.8 Å². The van der Waals surface area contributed by atoms with E-state index in [-0.39, 0.29) is 36.1 Å². The van der Waals surface area contributed by atoms with Gasteiger partial charge in [-0.2, -0.15) is 0 Å². The smallest absolute Gasteiger partial charge is 0.284 e. The molecule has 0 aliphatic carbocycles. The molecule has 15 heteroatoms. The van der Waals surface area contributed by atoms with E-state index in [1.165, 1.54) is 26.6 Å². The third-order valence-electron chi connectivity index (χ3n) is 7.42. The van der Waals surface area contributed by atoms with Gasteiger partial charge in [0.25, 0.3) is 11.8 Å². The Morgan fingerprint density at radius 1 is 0.717 bits per heavy atom. The number of nitrogens with one attached hydrogen (secondary N) is 1. The van der Waals surface area contributed by atoms with Gasteiger partial charge in [0.05, 0.1) is 60.3 Å². The van der Waals surface area contributed by atoms with Crippen LogP contribution in [0.2, 0.25) is 10.0 Å². The topological polar surface area (TPSA) is 107 Å². The standard InChI is InChI=1S/C31H25Cl2F4N7O2/c1-45-28-25(20-9-10-30(34,35)13-40-20)38-11-21(43-28)18-7-3-5-16(23(18)32)17-6-4-8-19(24(17)33)22-12-39-26(29(44-22)46-2)27-41-14-31(36,37)15-42-27/h3-8,11-12H,9-10,13-15H2,1-2H3,(H,41,42). The third kappa shape index (κ3) is 6.21. The molecule has 4 heterocycles. The average molecular weight is 674 g/mol. The Balaban J connectivity index is 1.34. The molecule has 0 amide bonds. The van der Waals surface area contributed by atoms with Crippen molar-refractivity contribution >= 4 is 34.7 Å². The molecule has 0 unspecified atom stereocenters. The number of nitrogens with zero attached hydrogens (tertiary/aromatic N) is 6. The van der Waals surface area contributed by atoms with Crippen molar-refractivity contribution in [3.63, 3.8) is 0 Å². The summed E-state index contributed by atoms with van der Waals surface area (Å²) in [6.07, 6.45) is 2.67. The van der Waals surface area contributed by atoms with Gasteiger partial charge in [-0.05, 0) is 6.42 Å². The van der Waals surface area contributed by atoms with Gasteiger partial charge in [-0.3, -0.25) is 9.98 Å². The van der Waals surface area contributed by atoms with Crippen LogP contribution in [0.5, 0.6) is 11.8 Å². The molecule has 2 aliphatic rings. The number of hydrogen-bond donors (Lipinski definition) is 1. The predicted molar refractivity (Wildman–Crippen MR) is 167 cm³/mol. The lowest BCUT2D eigenvalue weighted by molar-refractivity contribution is 0.000906. The molecule has 2 aromatic heterocycles. The first kappa shape index (κ1) is 31.6. The SMILES string of the molecule is COc1nc(-c2cccc(-c3cccc(-c4cnc(C5=NCC(F)(F)CN5)c(OC)n4)c3Cl)c2Cl)cnc1C1=NCC(F)(F)CC1. The van der Waals surface area contributed by atoms with Crippen molar-refractivity contribution in [1.82, 2.24) is 25.3 Å². The van der Waals surface area contributed by atoms with Crippen LogP contribution in [0.15, 0.2) is 58.8 Å². The Hall–Kier alpha value is -4.36. The van der Waals surface area contributed by atoms with E-state index in [1.807, 2.05) is 0 Å². The van der Waals surface area contributed by atoms with Crippen molar-refractivity contribution in [2.45, 2.75) is 24.7 Å². The minimum absolute atomic E-state index is 0.0476. The summed E-state index contributed by atoms with van der Waals surface area (Å²) < 4.78 is 65.3. The van der Waals surface area contributed by atoms with Crippen LogP contribution in [-0.2, 0) is 0 Å². The van der Waals surface area contributed by atoms with E-state index < -0.39 is 31.5 Å². The first-order chi connectivity index (χ1) is 22.0. The lowest BCUT2D eigenvalue weighted by Gasteiger charge is -2.22. The predicted octanol–water partition coefficient (Wildman–Crippen LogP) is 6.79. The maximum absolute atomic E-state index is 13.6. The highest BCUT2D eigenvalue weighted by Gasteiger charge is 2.35. The van der Waals surface area contributed by atoms with Crippen molar-refractivity contribution in [2.75, 3.05) is 33.9 Å². The van der Waals surface area contributed by atoms with E-state index >= 15 is 0 Å². The van der Waals surface area contributed by atoms with E-state index in [2.05, 4.69) is 35.2 Å². The Morgan fingerprint density at radius 2 is 1.24 bits per heavy atom. The first-order valence-electron chi connectivity index (χ1n) is 14.0.